The molecule has 0 saturated carbocycles. The van der Waals surface area contributed by atoms with Gasteiger partial charge in [0, 0.05) is 35.8 Å². The number of aromatic nitrogens is 3. The van der Waals surface area contributed by atoms with E-state index in [4.69, 9.17) is 4.74 Å². The molecular formula is C19H15N3O. The fourth-order valence-electron chi connectivity index (χ4n) is 2.69. The molecule has 0 atom stereocenters. The number of methoxy groups -OCH3 is 1. The van der Waals surface area contributed by atoms with Crippen molar-refractivity contribution in [3.63, 3.8) is 0 Å². The van der Waals surface area contributed by atoms with Crippen LogP contribution in [0.25, 0.3) is 28.0 Å². The van der Waals surface area contributed by atoms with E-state index in [0.29, 0.717) is 0 Å². The van der Waals surface area contributed by atoms with Gasteiger partial charge in [-0.25, -0.2) is 4.98 Å². The first kappa shape index (κ1) is 13.5. The number of pyridine rings is 2. The Morgan fingerprint density at radius 2 is 1.78 bits per heavy atom. The molecule has 4 rings (SSSR count). The fraction of sp³-hybridized carbons (Fsp3) is 0.0526. The quantitative estimate of drug-likeness (QED) is 0.572. The maximum absolute atomic E-state index is 5.25. The fourth-order valence-corrected chi connectivity index (χ4v) is 2.69. The zero-order valence-corrected chi connectivity index (χ0v) is 12.7. The molecule has 0 unspecified atom stereocenters. The molecule has 23 heavy (non-hydrogen) atoms. The smallest absolute Gasteiger partial charge is 0.140 e. The van der Waals surface area contributed by atoms with E-state index >= 15 is 0 Å². The average Bonchev–Trinajstić information content (AvgIpc) is 3.05. The molecule has 0 fully saturated rings. The van der Waals surface area contributed by atoms with Crippen molar-refractivity contribution >= 4 is 5.65 Å². The van der Waals surface area contributed by atoms with Crippen LogP contribution >= 0.6 is 0 Å². The second-order valence-corrected chi connectivity index (χ2v) is 5.26. The standard InChI is InChI=1S/C19H15N3O/c1-23-17-7-9-22-18(13-21-19(22)11-17)15-5-2-4-14(10-15)16-6-3-8-20-12-16/h2-13H,1H3. The molecule has 0 aliphatic carbocycles. The zero-order chi connectivity index (χ0) is 15.6. The third kappa shape index (κ3) is 2.44. The van der Waals surface area contributed by atoms with Gasteiger partial charge in [-0.05, 0) is 23.8 Å². The lowest BCUT2D eigenvalue weighted by atomic mass is 10.0. The molecule has 0 bridgehead atoms. The second kappa shape index (κ2) is 5.57. The highest BCUT2D eigenvalue weighted by atomic mass is 16.5. The Balaban J connectivity index is 1.82. The summed E-state index contributed by atoms with van der Waals surface area (Å²) in [5.74, 6) is 0.804. The van der Waals surface area contributed by atoms with Crippen LogP contribution in [-0.2, 0) is 0 Å². The molecule has 112 valence electrons. The van der Waals surface area contributed by atoms with E-state index in [1.807, 2.05) is 36.8 Å². The molecule has 0 spiro atoms. The van der Waals surface area contributed by atoms with Gasteiger partial charge in [0.2, 0.25) is 0 Å². The van der Waals surface area contributed by atoms with Crippen LogP contribution in [0.15, 0.2) is 73.3 Å². The van der Waals surface area contributed by atoms with Gasteiger partial charge in [0.15, 0.2) is 0 Å². The van der Waals surface area contributed by atoms with Crippen molar-refractivity contribution in [2.45, 2.75) is 0 Å². The first-order valence-electron chi connectivity index (χ1n) is 7.37. The van der Waals surface area contributed by atoms with Gasteiger partial charge in [-0.2, -0.15) is 0 Å². The molecular weight excluding hydrogens is 286 g/mol. The van der Waals surface area contributed by atoms with Gasteiger partial charge in [0.1, 0.15) is 11.4 Å². The van der Waals surface area contributed by atoms with Crippen LogP contribution in [0.1, 0.15) is 0 Å². The highest BCUT2D eigenvalue weighted by Gasteiger charge is 2.08. The molecule has 4 nitrogen and oxygen atoms in total. The summed E-state index contributed by atoms with van der Waals surface area (Å²) in [6, 6.07) is 16.3. The summed E-state index contributed by atoms with van der Waals surface area (Å²) in [6.45, 7) is 0. The van der Waals surface area contributed by atoms with Crippen molar-refractivity contribution in [1.82, 2.24) is 14.4 Å². The predicted octanol–water partition coefficient (Wildman–Crippen LogP) is 4.07. The molecule has 1 aromatic carbocycles. The minimum Gasteiger partial charge on any atom is -0.497 e. The third-order valence-corrected chi connectivity index (χ3v) is 3.87. The van der Waals surface area contributed by atoms with Gasteiger partial charge in [0.05, 0.1) is 19.0 Å². The summed E-state index contributed by atoms with van der Waals surface area (Å²) in [6.07, 6.45) is 7.52. The molecule has 3 aromatic heterocycles. The minimum absolute atomic E-state index is 0.804. The first-order valence-corrected chi connectivity index (χ1v) is 7.37. The Bertz CT molecular complexity index is 961. The van der Waals surface area contributed by atoms with E-state index in [-0.39, 0.29) is 0 Å². The van der Waals surface area contributed by atoms with Gasteiger partial charge in [0.25, 0.3) is 0 Å². The third-order valence-electron chi connectivity index (χ3n) is 3.87. The summed E-state index contributed by atoms with van der Waals surface area (Å²) >= 11 is 0. The maximum atomic E-state index is 5.25. The Kier molecular flexibility index (Phi) is 3.27. The molecule has 4 aromatic rings. The topological polar surface area (TPSA) is 39.4 Å². The monoisotopic (exact) mass is 301 g/mol. The van der Waals surface area contributed by atoms with Crippen LogP contribution in [0, 0.1) is 0 Å². The lowest BCUT2D eigenvalue weighted by Gasteiger charge is -2.06. The van der Waals surface area contributed by atoms with Gasteiger partial charge in [-0.15, -0.1) is 0 Å². The summed E-state index contributed by atoms with van der Waals surface area (Å²) in [4.78, 5) is 8.67. The Morgan fingerprint density at radius 1 is 0.913 bits per heavy atom. The lowest BCUT2D eigenvalue weighted by Crippen LogP contribution is -1.90. The molecule has 0 aliphatic heterocycles. The van der Waals surface area contributed by atoms with Crippen LogP contribution in [0.5, 0.6) is 5.75 Å². The molecule has 0 radical (unpaired) electrons. The number of fused-ring (bicyclic) bond motifs is 1. The number of rotatable bonds is 3. The number of benzene rings is 1. The summed E-state index contributed by atoms with van der Waals surface area (Å²) in [5, 5.41) is 0. The van der Waals surface area contributed by atoms with Crippen molar-refractivity contribution in [1.29, 1.82) is 0 Å². The number of hydrogen-bond donors (Lipinski definition) is 0. The average molecular weight is 301 g/mol. The first-order chi connectivity index (χ1) is 11.3. The van der Waals surface area contributed by atoms with E-state index in [9.17, 15) is 0 Å². The summed E-state index contributed by atoms with van der Waals surface area (Å²) in [7, 11) is 1.66. The van der Waals surface area contributed by atoms with Crippen LogP contribution in [0.4, 0.5) is 0 Å². The van der Waals surface area contributed by atoms with E-state index in [0.717, 1.165) is 33.8 Å². The van der Waals surface area contributed by atoms with Gasteiger partial charge in [-0.1, -0.05) is 24.3 Å². The predicted molar refractivity (Wildman–Crippen MR) is 90.4 cm³/mol. The largest absolute Gasteiger partial charge is 0.497 e. The van der Waals surface area contributed by atoms with Crippen LogP contribution in [0.3, 0.4) is 0 Å². The summed E-state index contributed by atoms with van der Waals surface area (Å²) < 4.78 is 7.31. The van der Waals surface area contributed by atoms with Crippen molar-refractivity contribution in [3.8, 4) is 28.1 Å². The highest BCUT2D eigenvalue weighted by Crippen LogP contribution is 2.27. The van der Waals surface area contributed by atoms with E-state index in [2.05, 4.69) is 44.7 Å². The van der Waals surface area contributed by atoms with Crippen LogP contribution in [0.2, 0.25) is 0 Å². The van der Waals surface area contributed by atoms with E-state index in [1.54, 1.807) is 13.3 Å². The van der Waals surface area contributed by atoms with E-state index in [1.165, 1.54) is 0 Å². The number of ether oxygens (including phenoxy) is 1. The SMILES string of the molecule is COc1ccn2c(-c3cccc(-c4cccnc4)c3)cnc2c1. The number of imidazole rings is 1. The number of nitrogens with zero attached hydrogens (tertiary/aromatic N) is 3. The molecule has 0 amide bonds. The van der Waals surface area contributed by atoms with Crippen molar-refractivity contribution in [3.05, 3.63) is 73.3 Å². The molecule has 0 N–H and O–H groups in total. The van der Waals surface area contributed by atoms with Crippen molar-refractivity contribution in [2.24, 2.45) is 0 Å². The maximum Gasteiger partial charge on any atom is 0.140 e. The number of hydrogen-bond acceptors (Lipinski definition) is 3. The van der Waals surface area contributed by atoms with E-state index < -0.39 is 0 Å². The van der Waals surface area contributed by atoms with Gasteiger partial charge < -0.3 is 4.74 Å². The molecule has 3 heterocycles. The Labute approximate surface area is 134 Å². The molecule has 4 heteroatoms. The van der Waals surface area contributed by atoms with Gasteiger partial charge >= 0.3 is 0 Å². The normalized spacial score (nSPS) is 10.8. The van der Waals surface area contributed by atoms with Crippen LogP contribution < -0.4 is 4.74 Å². The Morgan fingerprint density at radius 3 is 2.61 bits per heavy atom. The highest BCUT2D eigenvalue weighted by molar-refractivity contribution is 5.72. The summed E-state index contributed by atoms with van der Waals surface area (Å²) in [5.41, 5.74) is 5.27. The van der Waals surface area contributed by atoms with Crippen LogP contribution in [-0.4, -0.2) is 21.5 Å². The lowest BCUT2D eigenvalue weighted by molar-refractivity contribution is 0.414. The second-order valence-electron chi connectivity index (χ2n) is 5.26. The van der Waals surface area contributed by atoms with Crippen molar-refractivity contribution in [2.75, 3.05) is 7.11 Å². The zero-order valence-electron chi connectivity index (χ0n) is 12.7. The van der Waals surface area contributed by atoms with Gasteiger partial charge in [-0.3, -0.25) is 9.38 Å². The minimum atomic E-state index is 0.804. The van der Waals surface area contributed by atoms with Crippen molar-refractivity contribution < 1.29 is 4.74 Å². The Hall–Kier alpha value is -3.14. The molecule has 0 aliphatic rings. The molecule has 0 saturated heterocycles.